The van der Waals surface area contributed by atoms with Crippen molar-refractivity contribution in [3.8, 4) is 0 Å². The molecule has 1 atom stereocenters. The van der Waals surface area contributed by atoms with Crippen LogP contribution in [0.25, 0.3) is 0 Å². The molecule has 1 aliphatic rings. The Labute approximate surface area is 148 Å². The number of rotatable bonds is 5. The number of nitrogens with one attached hydrogen (secondary N) is 2. The second-order valence-corrected chi connectivity index (χ2v) is 8.11. The highest BCUT2D eigenvalue weighted by atomic mass is 32.2. The van der Waals surface area contributed by atoms with Crippen LogP contribution in [-0.2, 0) is 19.6 Å². The molecule has 25 heavy (non-hydrogen) atoms. The van der Waals surface area contributed by atoms with Gasteiger partial charge in [-0.25, -0.2) is 8.42 Å². The molecule has 0 unspecified atom stereocenters. The highest BCUT2D eigenvalue weighted by Gasteiger charge is 2.36. The minimum absolute atomic E-state index is 0.125. The van der Waals surface area contributed by atoms with Gasteiger partial charge >= 0.3 is 11.8 Å². The molecule has 0 saturated carbocycles. The molecule has 1 aliphatic heterocycles. The molecule has 8 heteroatoms. The van der Waals surface area contributed by atoms with Gasteiger partial charge in [0.25, 0.3) is 0 Å². The number of aryl methyl sites for hydroxylation is 2. The molecular formula is C17H25N3O4S. The predicted molar refractivity (Wildman–Crippen MR) is 94.5 cm³/mol. The van der Waals surface area contributed by atoms with Gasteiger partial charge in [0.05, 0.1) is 4.90 Å². The van der Waals surface area contributed by atoms with Crippen molar-refractivity contribution >= 4 is 21.8 Å². The first-order chi connectivity index (χ1) is 11.8. The molecule has 0 aromatic heterocycles. The van der Waals surface area contributed by atoms with Crippen molar-refractivity contribution in [3.63, 3.8) is 0 Å². The Morgan fingerprint density at radius 1 is 1.20 bits per heavy atom. The number of likely N-dealkylation sites (N-methyl/N-ethyl adjacent to an activating group) is 1. The molecule has 0 spiro atoms. The standard InChI is InChI=1S/C17H25N3O4S/c1-4-18-16(21)17(22)19-11-14-6-5-9-20(14)25(23,24)15-10-12(2)7-8-13(15)3/h7-8,10,14H,4-6,9,11H2,1-3H3,(H,18,21)(H,19,22)/t14-/m1/s1. The number of sulfonamides is 1. The molecule has 0 bridgehead atoms. The Balaban J connectivity index is 2.13. The largest absolute Gasteiger partial charge is 0.348 e. The number of nitrogens with zero attached hydrogens (tertiary/aromatic N) is 1. The molecule has 2 rings (SSSR count). The number of benzene rings is 1. The molecular weight excluding hydrogens is 342 g/mol. The lowest BCUT2D eigenvalue weighted by Crippen LogP contribution is -2.47. The minimum atomic E-state index is -3.64. The van der Waals surface area contributed by atoms with Crippen LogP contribution in [0.2, 0.25) is 0 Å². The van der Waals surface area contributed by atoms with E-state index >= 15 is 0 Å². The molecule has 0 radical (unpaired) electrons. The summed E-state index contributed by atoms with van der Waals surface area (Å²) in [5.74, 6) is -1.44. The first kappa shape index (κ1) is 19.4. The van der Waals surface area contributed by atoms with E-state index in [0.717, 1.165) is 12.0 Å². The zero-order valence-electron chi connectivity index (χ0n) is 14.8. The molecule has 1 saturated heterocycles. The maximum absolute atomic E-state index is 13.0. The van der Waals surface area contributed by atoms with E-state index in [-0.39, 0.29) is 12.6 Å². The molecule has 138 valence electrons. The maximum Gasteiger partial charge on any atom is 0.309 e. The second kappa shape index (κ2) is 7.97. The van der Waals surface area contributed by atoms with E-state index in [1.165, 1.54) is 4.31 Å². The summed E-state index contributed by atoms with van der Waals surface area (Å²) >= 11 is 0. The lowest BCUT2D eigenvalue weighted by molar-refractivity contribution is -0.139. The average Bonchev–Trinajstić information content (AvgIpc) is 3.04. The van der Waals surface area contributed by atoms with Crippen LogP contribution >= 0.6 is 0 Å². The number of carbonyl (C=O) groups is 2. The summed E-state index contributed by atoms with van der Waals surface area (Å²) in [6.07, 6.45) is 1.38. The Hall–Kier alpha value is -1.93. The lowest BCUT2D eigenvalue weighted by atomic mass is 10.2. The van der Waals surface area contributed by atoms with Crippen molar-refractivity contribution in [2.45, 2.75) is 44.6 Å². The third kappa shape index (κ3) is 4.38. The zero-order valence-corrected chi connectivity index (χ0v) is 15.6. The average molecular weight is 367 g/mol. The van der Waals surface area contributed by atoms with Gasteiger partial charge < -0.3 is 10.6 Å². The van der Waals surface area contributed by atoms with Crippen molar-refractivity contribution in [2.75, 3.05) is 19.6 Å². The summed E-state index contributed by atoms with van der Waals surface area (Å²) in [4.78, 5) is 23.5. The molecule has 1 heterocycles. The van der Waals surface area contributed by atoms with Crippen molar-refractivity contribution in [1.82, 2.24) is 14.9 Å². The van der Waals surface area contributed by atoms with E-state index in [0.29, 0.717) is 30.0 Å². The molecule has 7 nitrogen and oxygen atoms in total. The Kier molecular flexibility index (Phi) is 6.18. The van der Waals surface area contributed by atoms with E-state index in [2.05, 4.69) is 10.6 Å². The van der Waals surface area contributed by atoms with Crippen LogP contribution in [0.5, 0.6) is 0 Å². The summed E-state index contributed by atoms with van der Waals surface area (Å²) < 4.78 is 27.5. The fraction of sp³-hybridized carbons (Fsp3) is 0.529. The van der Waals surface area contributed by atoms with E-state index in [4.69, 9.17) is 0 Å². The summed E-state index contributed by atoms with van der Waals surface area (Å²) in [6.45, 7) is 6.25. The first-order valence-electron chi connectivity index (χ1n) is 8.42. The summed E-state index contributed by atoms with van der Waals surface area (Å²) in [7, 11) is -3.64. The van der Waals surface area contributed by atoms with Crippen LogP contribution in [0.15, 0.2) is 23.1 Å². The Bertz CT molecular complexity index is 761. The van der Waals surface area contributed by atoms with E-state index < -0.39 is 21.8 Å². The quantitative estimate of drug-likeness (QED) is 0.749. The highest BCUT2D eigenvalue weighted by Crippen LogP contribution is 2.28. The Morgan fingerprint density at radius 2 is 1.88 bits per heavy atom. The van der Waals surface area contributed by atoms with Gasteiger partial charge in [0.15, 0.2) is 0 Å². The van der Waals surface area contributed by atoms with Crippen molar-refractivity contribution in [1.29, 1.82) is 0 Å². The fourth-order valence-electron chi connectivity index (χ4n) is 2.97. The smallest absolute Gasteiger partial charge is 0.309 e. The summed E-state index contributed by atoms with van der Waals surface area (Å²) in [6, 6.07) is 5.00. The number of carbonyl (C=O) groups excluding carboxylic acids is 2. The van der Waals surface area contributed by atoms with Crippen molar-refractivity contribution in [3.05, 3.63) is 29.3 Å². The minimum Gasteiger partial charge on any atom is -0.348 e. The molecule has 1 aromatic rings. The van der Waals surface area contributed by atoms with Gasteiger partial charge in [-0.05, 0) is 50.8 Å². The van der Waals surface area contributed by atoms with Gasteiger partial charge in [0, 0.05) is 25.7 Å². The lowest BCUT2D eigenvalue weighted by Gasteiger charge is -2.25. The highest BCUT2D eigenvalue weighted by molar-refractivity contribution is 7.89. The number of hydrogen-bond donors (Lipinski definition) is 2. The third-order valence-corrected chi connectivity index (χ3v) is 6.39. The van der Waals surface area contributed by atoms with Crippen LogP contribution in [0.1, 0.15) is 30.9 Å². The van der Waals surface area contributed by atoms with E-state index in [9.17, 15) is 18.0 Å². The third-order valence-electron chi connectivity index (χ3n) is 4.30. The number of hydrogen-bond acceptors (Lipinski definition) is 4. The normalized spacial score (nSPS) is 18.1. The maximum atomic E-state index is 13.0. The van der Waals surface area contributed by atoms with Gasteiger partial charge in [-0.2, -0.15) is 4.31 Å². The summed E-state index contributed by atoms with van der Waals surface area (Å²) in [5, 5.41) is 4.95. The van der Waals surface area contributed by atoms with Crippen LogP contribution in [0, 0.1) is 13.8 Å². The SMILES string of the molecule is CCNC(=O)C(=O)NC[C@H]1CCCN1S(=O)(=O)c1cc(C)ccc1C. The van der Waals surface area contributed by atoms with Crippen LogP contribution < -0.4 is 10.6 Å². The molecule has 1 fully saturated rings. The second-order valence-electron chi connectivity index (χ2n) is 6.25. The molecule has 0 aliphatic carbocycles. The van der Waals surface area contributed by atoms with Crippen LogP contribution in [0.4, 0.5) is 0 Å². The zero-order chi connectivity index (χ0) is 18.6. The van der Waals surface area contributed by atoms with Gasteiger partial charge in [0.1, 0.15) is 0 Å². The monoisotopic (exact) mass is 367 g/mol. The van der Waals surface area contributed by atoms with Crippen molar-refractivity contribution in [2.24, 2.45) is 0 Å². The summed E-state index contributed by atoms with van der Waals surface area (Å²) in [5.41, 5.74) is 1.58. The van der Waals surface area contributed by atoms with Crippen LogP contribution in [-0.4, -0.2) is 50.2 Å². The van der Waals surface area contributed by atoms with Gasteiger partial charge in [-0.3, -0.25) is 9.59 Å². The number of amides is 2. The van der Waals surface area contributed by atoms with Crippen LogP contribution in [0.3, 0.4) is 0 Å². The van der Waals surface area contributed by atoms with E-state index in [1.807, 2.05) is 13.0 Å². The van der Waals surface area contributed by atoms with E-state index in [1.54, 1.807) is 26.0 Å². The predicted octanol–water partition coefficient (Wildman–Crippen LogP) is 0.709. The molecule has 2 amide bonds. The fourth-order valence-corrected chi connectivity index (χ4v) is 4.98. The topological polar surface area (TPSA) is 95.6 Å². The van der Waals surface area contributed by atoms with Crippen molar-refractivity contribution < 1.29 is 18.0 Å². The van der Waals surface area contributed by atoms with Gasteiger partial charge in [0.2, 0.25) is 10.0 Å². The molecule has 2 N–H and O–H groups in total. The van der Waals surface area contributed by atoms with Gasteiger partial charge in [-0.15, -0.1) is 0 Å². The first-order valence-corrected chi connectivity index (χ1v) is 9.86. The Morgan fingerprint density at radius 3 is 2.56 bits per heavy atom. The van der Waals surface area contributed by atoms with Gasteiger partial charge in [-0.1, -0.05) is 12.1 Å². The molecule has 1 aromatic carbocycles.